The van der Waals surface area contributed by atoms with Crippen molar-refractivity contribution in [3.05, 3.63) is 16.6 Å². The zero-order chi connectivity index (χ0) is 9.31. The molecule has 2 atom stereocenters. The molecule has 0 bridgehead atoms. The van der Waals surface area contributed by atoms with Crippen LogP contribution in [0.25, 0.3) is 0 Å². The lowest BCUT2D eigenvalue weighted by atomic mass is 9.82. The van der Waals surface area contributed by atoms with Crippen LogP contribution in [0, 0.1) is 0 Å². The minimum Gasteiger partial charge on any atom is -0.328 e. The number of nitrogens with two attached hydrogens (primary N) is 1. The highest BCUT2D eigenvalue weighted by molar-refractivity contribution is 7.07. The van der Waals surface area contributed by atoms with Crippen LogP contribution in [0.2, 0.25) is 0 Å². The normalized spacial score (nSPS) is 34.8. The Morgan fingerprint density at radius 2 is 2.54 bits per heavy atom. The maximum absolute atomic E-state index is 14.3. The fraction of sp³-hybridized carbons (Fsp3) is 0.667. The van der Waals surface area contributed by atoms with Crippen LogP contribution in [0.15, 0.2) is 10.9 Å². The van der Waals surface area contributed by atoms with Crippen molar-refractivity contribution >= 4 is 11.3 Å². The number of alkyl halides is 1. The number of nitrogens with zero attached hydrogens (tertiary/aromatic N) is 1. The Kier molecular flexibility index (Phi) is 2.34. The summed E-state index contributed by atoms with van der Waals surface area (Å²) in [6.07, 6.45) is 2.81. The molecule has 2 N–H and O–H groups in total. The molecule has 1 aromatic heterocycles. The van der Waals surface area contributed by atoms with E-state index in [1.54, 1.807) is 10.9 Å². The number of halogens is 1. The van der Waals surface area contributed by atoms with E-state index >= 15 is 0 Å². The molecule has 0 spiro atoms. The van der Waals surface area contributed by atoms with Gasteiger partial charge in [0.25, 0.3) is 0 Å². The summed E-state index contributed by atoms with van der Waals surface area (Å²) in [5.74, 6) is 0. The SMILES string of the molecule is NC1CCCC(F)(c2cscn2)C1. The molecule has 2 nitrogen and oxygen atoms in total. The highest BCUT2D eigenvalue weighted by Crippen LogP contribution is 2.39. The molecule has 72 valence electrons. The van der Waals surface area contributed by atoms with Crippen LogP contribution in [-0.2, 0) is 5.67 Å². The number of hydrogen-bond donors (Lipinski definition) is 1. The summed E-state index contributed by atoms with van der Waals surface area (Å²) in [7, 11) is 0. The van der Waals surface area contributed by atoms with Gasteiger partial charge in [-0.05, 0) is 19.3 Å². The van der Waals surface area contributed by atoms with Gasteiger partial charge in [-0.2, -0.15) is 0 Å². The molecule has 13 heavy (non-hydrogen) atoms. The fourth-order valence-electron chi connectivity index (χ4n) is 1.93. The molecular formula is C9H13FN2S. The monoisotopic (exact) mass is 200 g/mol. The first-order valence-corrected chi connectivity index (χ1v) is 5.48. The third-order valence-corrected chi connectivity index (χ3v) is 3.21. The molecule has 0 saturated heterocycles. The van der Waals surface area contributed by atoms with Gasteiger partial charge in [0.2, 0.25) is 0 Å². The van der Waals surface area contributed by atoms with E-state index in [9.17, 15) is 4.39 Å². The van der Waals surface area contributed by atoms with Gasteiger partial charge in [-0.15, -0.1) is 11.3 Å². The van der Waals surface area contributed by atoms with E-state index in [4.69, 9.17) is 5.73 Å². The number of hydrogen-bond acceptors (Lipinski definition) is 3. The summed E-state index contributed by atoms with van der Waals surface area (Å²) in [5.41, 5.74) is 6.75. The van der Waals surface area contributed by atoms with Gasteiger partial charge >= 0.3 is 0 Å². The van der Waals surface area contributed by atoms with Crippen molar-refractivity contribution in [2.45, 2.75) is 37.4 Å². The van der Waals surface area contributed by atoms with Gasteiger partial charge in [0.05, 0.1) is 11.2 Å². The molecular weight excluding hydrogens is 187 g/mol. The molecule has 1 fully saturated rings. The Morgan fingerprint density at radius 1 is 1.69 bits per heavy atom. The zero-order valence-corrected chi connectivity index (χ0v) is 8.19. The lowest BCUT2D eigenvalue weighted by Gasteiger charge is -2.31. The first-order chi connectivity index (χ1) is 6.21. The molecule has 1 aromatic rings. The molecule has 1 aliphatic carbocycles. The number of aromatic nitrogens is 1. The highest BCUT2D eigenvalue weighted by atomic mass is 32.1. The fourth-order valence-corrected chi connectivity index (χ4v) is 2.57. The van der Waals surface area contributed by atoms with Crippen molar-refractivity contribution in [3.63, 3.8) is 0 Å². The second-order valence-electron chi connectivity index (χ2n) is 3.70. The molecule has 2 unspecified atom stereocenters. The Bertz CT molecular complexity index is 275. The molecule has 1 heterocycles. The summed E-state index contributed by atoms with van der Waals surface area (Å²) in [6, 6.07) is 0.000417. The summed E-state index contributed by atoms with van der Waals surface area (Å²) in [5, 5.41) is 1.79. The summed E-state index contributed by atoms with van der Waals surface area (Å²) in [4.78, 5) is 4.03. The summed E-state index contributed by atoms with van der Waals surface area (Å²) in [6.45, 7) is 0. The van der Waals surface area contributed by atoms with Crippen molar-refractivity contribution in [1.29, 1.82) is 0 Å². The van der Waals surface area contributed by atoms with Gasteiger partial charge in [0.1, 0.15) is 0 Å². The molecule has 0 amide bonds. The zero-order valence-electron chi connectivity index (χ0n) is 7.37. The van der Waals surface area contributed by atoms with E-state index in [1.165, 1.54) is 11.3 Å². The van der Waals surface area contributed by atoms with E-state index in [2.05, 4.69) is 4.98 Å². The quantitative estimate of drug-likeness (QED) is 0.755. The number of rotatable bonds is 1. The minimum atomic E-state index is -1.25. The third-order valence-electron chi connectivity index (χ3n) is 2.63. The van der Waals surface area contributed by atoms with Crippen LogP contribution in [0.1, 0.15) is 31.4 Å². The molecule has 1 saturated carbocycles. The molecule has 1 aliphatic rings. The Hall–Kier alpha value is -0.480. The van der Waals surface area contributed by atoms with E-state index in [1.807, 2.05) is 0 Å². The van der Waals surface area contributed by atoms with E-state index < -0.39 is 5.67 Å². The standard InChI is InChI=1S/C9H13FN2S/c10-9(8-5-13-6-12-8)3-1-2-7(11)4-9/h5-7H,1-4,11H2. The average Bonchev–Trinajstić information content (AvgIpc) is 2.55. The van der Waals surface area contributed by atoms with Crippen LogP contribution in [0.4, 0.5) is 4.39 Å². The minimum absolute atomic E-state index is 0.000417. The molecule has 0 aliphatic heterocycles. The van der Waals surface area contributed by atoms with E-state index in [-0.39, 0.29) is 6.04 Å². The van der Waals surface area contributed by atoms with E-state index in [0.29, 0.717) is 18.5 Å². The number of thiazole rings is 1. The average molecular weight is 200 g/mol. The van der Waals surface area contributed by atoms with Crippen LogP contribution in [-0.4, -0.2) is 11.0 Å². The van der Waals surface area contributed by atoms with Crippen LogP contribution in [0.5, 0.6) is 0 Å². The van der Waals surface area contributed by atoms with Gasteiger partial charge in [0.15, 0.2) is 5.67 Å². The topological polar surface area (TPSA) is 38.9 Å². The van der Waals surface area contributed by atoms with Crippen molar-refractivity contribution in [2.75, 3.05) is 0 Å². The van der Waals surface area contributed by atoms with Crippen LogP contribution < -0.4 is 5.73 Å². The lowest BCUT2D eigenvalue weighted by Crippen LogP contribution is -2.36. The van der Waals surface area contributed by atoms with Crippen molar-refractivity contribution in [2.24, 2.45) is 5.73 Å². The first kappa shape index (κ1) is 9.09. The highest BCUT2D eigenvalue weighted by Gasteiger charge is 2.38. The van der Waals surface area contributed by atoms with Crippen molar-refractivity contribution < 1.29 is 4.39 Å². The van der Waals surface area contributed by atoms with Gasteiger partial charge in [-0.3, -0.25) is 0 Å². The molecule has 0 radical (unpaired) electrons. The molecule has 0 aromatic carbocycles. The Labute approximate surface area is 81.0 Å². The van der Waals surface area contributed by atoms with Crippen molar-refractivity contribution in [3.8, 4) is 0 Å². The molecule has 2 rings (SSSR count). The predicted octanol–water partition coefficient (Wildman–Crippen LogP) is 2.21. The van der Waals surface area contributed by atoms with Gasteiger partial charge < -0.3 is 5.73 Å². The first-order valence-electron chi connectivity index (χ1n) is 4.54. The maximum atomic E-state index is 14.3. The van der Waals surface area contributed by atoms with Crippen LogP contribution >= 0.6 is 11.3 Å². The smallest absolute Gasteiger partial charge is 0.155 e. The van der Waals surface area contributed by atoms with Gasteiger partial charge in [0, 0.05) is 17.8 Å². The van der Waals surface area contributed by atoms with Crippen LogP contribution in [0.3, 0.4) is 0 Å². The largest absolute Gasteiger partial charge is 0.328 e. The summed E-state index contributed by atoms with van der Waals surface area (Å²) < 4.78 is 14.3. The van der Waals surface area contributed by atoms with Gasteiger partial charge in [-0.1, -0.05) is 0 Å². The van der Waals surface area contributed by atoms with Gasteiger partial charge in [-0.25, -0.2) is 9.37 Å². The predicted molar refractivity (Wildman–Crippen MR) is 51.3 cm³/mol. The van der Waals surface area contributed by atoms with Crippen molar-refractivity contribution in [1.82, 2.24) is 4.98 Å². The Balaban J connectivity index is 2.20. The second-order valence-corrected chi connectivity index (χ2v) is 4.41. The lowest BCUT2D eigenvalue weighted by molar-refractivity contribution is 0.0906. The maximum Gasteiger partial charge on any atom is 0.155 e. The third kappa shape index (κ3) is 1.74. The molecule has 4 heteroatoms. The van der Waals surface area contributed by atoms with E-state index in [0.717, 1.165) is 12.8 Å². The second kappa shape index (κ2) is 3.35. The Morgan fingerprint density at radius 3 is 3.15 bits per heavy atom. The summed E-state index contributed by atoms with van der Waals surface area (Å²) >= 11 is 1.44.